The van der Waals surface area contributed by atoms with Crippen LogP contribution >= 0.6 is 11.8 Å². The normalized spacial score (nSPS) is 12.5. The van der Waals surface area contributed by atoms with Gasteiger partial charge in [-0.3, -0.25) is 0 Å². The fourth-order valence-electron chi connectivity index (χ4n) is 1.31. The SMILES string of the molecule is CCC(CO)CNc1ccc(SC)cc1. The molecule has 0 heterocycles. The highest BCUT2D eigenvalue weighted by molar-refractivity contribution is 7.98. The first-order valence-electron chi connectivity index (χ1n) is 5.29. The van der Waals surface area contributed by atoms with Crippen LogP contribution in [0.25, 0.3) is 0 Å². The highest BCUT2D eigenvalue weighted by Gasteiger charge is 2.03. The number of aliphatic hydroxyl groups is 1. The summed E-state index contributed by atoms with van der Waals surface area (Å²) in [6, 6.07) is 8.37. The molecule has 0 bridgehead atoms. The van der Waals surface area contributed by atoms with Gasteiger partial charge in [-0.2, -0.15) is 0 Å². The van der Waals surface area contributed by atoms with E-state index < -0.39 is 0 Å². The van der Waals surface area contributed by atoms with Crippen LogP contribution in [0, 0.1) is 5.92 Å². The van der Waals surface area contributed by atoms with Crippen LogP contribution in [0.2, 0.25) is 0 Å². The van der Waals surface area contributed by atoms with Crippen LogP contribution in [0.1, 0.15) is 13.3 Å². The quantitative estimate of drug-likeness (QED) is 0.730. The second kappa shape index (κ2) is 6.75. The molecule has 0 fully saturated rings. The van der Waals surface area contributed by atoms with Gasteiger partial charge < -0.3 is 10.4 Å². The highest BCUT2D eigenvalue weighted by atomic mass is 32.2. The lowest BCUT2D eigenvalue weighted by molar-refractivity contribution is 0.230. The van der Waals surface area contributed by atoms with Gasteiger partial charge in [0, 0.05) is 23.7 Å². The number of benzene rings is 1. The predicted octanol–water partition coefficient (Wildman–Crippen LogP) is 2.84. The third kappa shape index (κ3) is 4.14. The Hall–Kier alpha value is -0.670. The van der Waals surface area contributed by atoms with E-state index in [1.165, 1.54) is 4.90 Å². The topological polar surface area (TPSA) is 32.3 Å². The summed E-state index contributed by atoms with van der Waals surface area (Å²) in [5, 5.41) is 12.4. The molecule has 1 aromatic carbocycles. The van der Waals surface area contributed by atoms with Crippen LogP contribution in [0.15, 0.2) is 29.2 Å². The maximum atomic E-state index is 9.04. The number of aliphatic hydroxyl groups excluding tert-OH is 1. The Morgan fingerprint density at radius 2 is 2.00 bits per heavy atom. The third-order valence-corrected chi connectivity index (χ3v) is 3.26. The summed E-state index contributed by atoms with van der Waals surface area (Å²) in [6.07, 6.45) is 3.08. The largest absolute Gasteiger partial charge is 0.396 e. The van der Waals surface area contributed by atoms with Crippen molar-refractivity contribution in [3.8, 4) is 0 Å². The van der Waals surface area contributed by atoms with Crippen molar-refractivity contribution in [2.45, 2.75) is 18.2 Å². The zero-order valence-corrected chi connectivity index (χ0v) is 10.2. The molecule has 0 saturated heterocycles. The van der Waals surface area contributed by atoms with E-state index >= 15 is 0 Å². The second-order valence-electron chi connectivity index (χ2n) is 3.57. The minimum absolute atomic E-state index is 0.256. The van der Waals surface area contributed by atoms with Crippen LogP contribution in [-0.4, -0.2) is 24.5 Å². The van der Waals surface area contributed by atoms with Crippen LogP contribution in [0.4, 0.5) is 5.69 Å². The maximum Gasteiger partial charge on any atom is 0.0475 e. The molecule has 1 unspecified atom stereocenters. The number of nitrogens with one attached hydrogen (secondary N) is 1. The van der Waals surface area contributed by atoms with Crippen LogP contribution in [-0.2, 0) is 0 Å². The Kier molecular flexibility index (Phi) is 5.58. The number of rotatable bonds is 6. The van der Waals surface area contributed by atoms with E-state index in [0.29, 0.717) is 5.92 Å². The first kappa shape index (κ1) is 12.4. The molecule has 0 spiro atoms. The molecule has 0 aliphatic carbocycles. The number of thioether (sulfide) groups is 1. The molecule has 84 valence electrons. The second-order valence-corrected chi connectivity index (χ2v) is 4.45. The molecule has 2 N–H and O–H groups in total. The van der Waals surface area contributed by atoms with E-state index in [9.17, 15) is 0 Å². The minimum Gasteiger partial charge on any atom is -0.396 e. The van der Waals surface area contributed by atoms with Gasteiger partial charge in [0.05, 0.1) is 0 Å². The van der Waals surface area contributed by atoms with Gasteiger partial charge in [-0.25, -0.2) is 0 Å². The third-order valence-electron chi connectivity index (χ3n) is 2.52. The van der Waals surface area contributed by atoms with Crippen molar-refractivity contribution >= 4 is 17.4 Å². The van der Waals surface area contributed by atoms with E-state index in [1.54, 1.807) is 11.8 Å². The molecule has 1 atom stereocenters. The first-order valence-corrected chi connectivity index (χ1v) is 6.51. The Morgan fingerprint density at radius 1 is 1.33 bits per heavy atom. The zero-order chi connectivity index (χ0) is 11.1. The predicted molar refractivity (Wildman–Crippen MR) is 67.6 cm³/mol. The summed E-state index contributed by atoms with van der Waals surface area (Å²) in [7, 11) is 0. The van der Waals surface area contributed by atoms with Gasteiger partial charge in [0.25, 0.3) is 0 Å². The molecule has 0 saturated carbocycles. The Balaban J connectivity index is 2.43. The molecule has 3 heteroatoms. The number of hydrogen-bond acceptors (Lipinski definition) is 3. The number of anilines is 1. The summed E-state index contributed by atoms with van der Waals surface area (Å²) in [6.45, 7) is 3.19. The van der Waals surface area contributed by atoms with E-state index in [4.69, 9.17) is 5.11 Å². The molecule has 0 amide bonds. The van der Waals surface area contributed by atoms with Crippen molar-refractivity contribution in [3.05, 3.63) is 24.3 Å². The molecule has 0 aliphatic heterocycles. The van der Waals surface area contributed by atoms with Gasteiger partial charge in [0.2, 0.25) is 0 Å². The van der Waals surface area contributed by atoms with Gasteiger partial charge in [0.1, 0.15) is 0 Å². The van der Waals surface area contributed by atoms with Gasteiger partial charge in [-0.1, -0.05) is 6.92 Å². The minimum atomic E-state index is 0.256. The summed E-state index contributed by atoms with van der Waals surface area (Å²) < 4.78 is 0. The average Bonchev–Trinajstić information content (AvgIpc) is 2.31. The summed E-state index contributed by atoms with van der Waals surface area (Å²) in [5.74, 6) is 0.352. The summed E-state index contributed by atoms with van der Waals surface area (Å²) in [5.41, 5.74) is 1.12. The van der Waals surface area contributed by atoms with E-state index in [0.717, 1.165) is 18.7 Å². The molecule has 15 heavy (non-hydrogen) atoms. The number of hydrogen-bond donors (Lipinski definition) is 2. The van der Waals surface area contributed by atoms with Crippen LogP contribution in [0.5, 0.6) is 0 Å². The van der Waals surface area contributed by atoms with Crippen LogP contribution < -0.4 is 5.32 Å². The molecular formula is C12H19NOS. The van der Waals surface area contributed by atoms with Crippen molar-refractivity contribution in [2.24, 2.45) is 5.92 Å². The van der Waals surface area contributed by atoms with E-state index in [-0.39, 0.29) is 6.61 Å². The van der Waals surface area contributed by atoms with Crippen LogP contribution in [0.3, 0.4) is 0 Å². The molecule has 0 aliphatic rings. The monoisotopic (exact) mass is 225 g/mol. The van der Waals surface area contributed by atoms with Gasteiger partial charge in [0.15, 0.2) is 0 Å². The van der Waals surface area contributed by atoms with Crippen molar-refractivity contribution < 1.29 is 5.11 Å². The van der Waals surface area contributed by atoms with E-state index in [1.807, 2.05) is 0 Å². The summed E-state index contributed by atoms with van der Waals surface area (Å²) in [4.78, 5) is 1.27. The smallest absolute Gasteiger partial charge is 0.0475 e. The van der Waals surface area contributed by atoms with Crippen molar-refractivity contribution in [1.29, 1.82) is 0 Å². The Bertz CT molecular complexity index is 269. The maximum absolute atomic E-state index is 9.04. The fraction of sp³-hybridized carbons (Fsp3) is 0.500. The highest BCUT2D eigenvalue weighted by Crippen LogP contribution is 2.17. The lowest BCUT2D eigenvalue weighted by Crippen LogP contribution is -2.16. The van der Waals surface area contributed by atoms with Crippen molar-refractivity contribution in [1.82, 2.24) is 0 Å². The average molecular weight is 225 g/mol. The van der Waals surface area contributed by atoms with E-state index in [2.05, 4.69) is 42.8 Å². The molecule has 1 aromatic rings. The summed E-state index contributed by atoms with van der Waals surface area (Å²) >= 11 is 1.74. The zero-order valence-electron chi connectivity index (χ0n) is 9.36. The first-order chi connectivity index (χ1) is 7.30. The standard InChI is InChI=1S/C12H19NOS/c1-3-10(9-14)8-13-11-4-6-12(15-2)7-5-11/h4-7,10,13-14H,3,8-9H2,1-2H3. The molecule has 1 rings (SSSR count). The Labute approximate surface area is 96.1 Å². The molecular weight excluding hydrogens is 206 g/mol. The van der Waals surface area contributed by atoms with Gasteiger partial charge >= 0.3 is 0 Å². The molecule has 0 radical (unpaired) electrons. The lowest BCUT2D eigenvalue weighted by Gasteiger charge is -2.13. The van der Waals surface area contributed by atoms with Crippen molar-refractivity contribution in [3.63, 3.8) is 0 Å². The van der Waals surface area contributed by atoms with Gasteiger partial charge in [-0.15, -0.1) is 11.8 Å². The Morgan fingerprint density at radius 3 is 2.47 bits per heavy atom. The molecule has 2 nitrogen and oxygen atoms in total. The van der Waals surface area contributed by atoms with Crippen molar-refractivity contribution in [2.75, 3.05) is 24.7 Å². The fourth-order valence-corrected chi connectivity index (χ4v) is 1.72. The van der Waals surface area contributed by atoms with Gasteiger partial charge in [-0.05, 0) is 42.9 Å². The molecule has 0 aromatic heterocycles. The lowest BCUT2D eigenvalue weighted by atomic mass is 10.1.